The summed E-state index contributed by atoms with van der Waals surface area (Å²) >= 11 is 0. The normalized spacial score (nSPS) is 28.1. The molecule has 1 rings (SSSR count). The zero-order valence-electron chi connectivity index (χ0n) is 10.6. The summed E-state index contributed by atoms with van der Waals surface area (Å²) in [5.74, 6) is 4.09. The highest BCUT2D eigenvalue weighted by Crippen LogP contribution is 2.47. The largest absolute Gasteiger partial charge is 0.0651 e. The highest BCUT2D eigenvalue weighted by Gasteiger charge is 2.38. The topological polar surface area (TPSA) is 0 Å². The lowest BCUT2D eigenvalue weighted by Gasteiger charge is -2.11. The average molecular weight is 196 g/mol. The Labute approximate surface area is 90.5 Å². The second-order valence-electron chi connectivity index (χ2n) is 5.72. The zero-order valence-corrected chi connectivity index (χ0v) is 10.6. The van der Waals surface area contributed by atoms with Gasteiger partial charge < -0.3 is 0 Å². The van der Waals surface area contributed by atoms with E-state index in [0.717, 1.165) is 23.7 Å². The molecule has 0 bridgehead atoms. The van der Waals surface area contributed by atoms with E-state index in [1.54, 1.807) is 0 Å². The SMILES string of the molecule is CCC1CC1C(C)CCCCC(C)C. The molecular formula is C14H28. The molecular weight excluding hydrogens is 168 g/mol. The smallest absolute Gasteiger partial charge is 0.0357 e. The van der Waals surface area contributed by atoms with E-state index in [-0.39, 0.29) is 0 Å². The predicted molar refractivity (Wildman–Crippen MR) is 64.4 cm³/mol. The Bertz CT molecular complexity index is 148. The summed E-state index contributed by atoms with van der Waals surface area (Å²) in [7, 11) is 0. The van der Waals surface area contributed by atoms with Crippen LogP contribution in [0.1, 0.15) is 66.2 Å². The van der Waals surface area contributed by atoms with E-state index in [2.05, 4.69) is 27.7 Å². The van der Waals surface area contributed by atoms with Crippen LogP contribution in [0.15, 0.2) is 0 Å². The van der Waals surface area contributed by atoms with Crippen molar-refractivity contribution in [2.75, 3.05) is 0 Å². The summed E-state index contributed by atoms with van der Waals surface area (Å²) in [5.41, 5.74) is 0. The molecule has 0 aromatic rings. The third-order valence-electron chi connectivity index (χ3n) is 3.92. The summed E-state index contributed by atoms with van der Waals surface area (Å²) in [6.45, 7) is 9.47. The molecule has 0 amide bonds. The summed E-state index contributed by atoms with van der Waals surface area (Å²) < 4.78 is 0. The second kappa shape index (κ2) is 5.78. The lowest BCUT2D eigenvalue weighted by atomic mass is 9.95. The molecule has 0 aliphatic heterocycles. The van der Waals surface area contributed by atoms with E-state index in [9.17, 15) is 0 Å². The van der Waals surface area contributed by atoms with Gasteiger partial charge in [-0.3, -0.25) is 0 Å². The molecule has 0 heterocycles. The quantitative estimate of drug-likeness (QED) is 0.509. The molecule has 1 aliphatic rings. The minimum Gasteiger partial charge on any atom is -0.0651 e. The molecule has 0 heteroatoms. The zero-order chi connectivity index (χ0) is 10.6. The van der Waals surface area contributed by atoms with Gasteiger partial charge in [0.2, 0.25) is 0 Å². The molecule has 0 radical (unpaired) electrons. The number of unbranched alkanes of at least 4 members (excludes halogenated alkanes) is 1. The molecule has 0 saturated heterocycles. The van der Waals surface area contributed by atoms with Gasteiger partial charge in [0.25, 0.3) is 0 Å². The van der Waals surface area contributed by atoms with Crippen molar-refractivity contribution in [1.82, 2.24) is 0 Å². The van der Waals surface area contributed by atoms with Crippen LogP contribution in [0.25, 0.3) is 0 Å². The van der Waals surface area contributed by atoms with Crippen LogP contribution in [-0.4, -0.2) is 0 Å². The van der Waals surface area contributed by atoms with E-state index < -0.39 is 0 Å². The van der Waals surface area contributed by atoms with Gasteiger partial charge in [0, 0.05) is 0 Å². The van der Waals surface area contributed by atoms with Crippen molar-refractivity contribution >= 4 is 0 Å². The fourth-order valence-corrected chi connectivity index (χ4v) is 2.67. The van der Waals surface area contributed by atoms with Crippen molar-refractivity contribution in [3.63, 3.8) is 0 Å². The molecule has 1 saturated carbocycles. The maximum Gasteiger partial charge on any atom is -0.0357 e. The summed E-state index contributed by atoms with van der Waals surface area (Å²) in [4.78, 5) is 0. The Morgan fingerprint density at radius 1 is 1.07 bits per heavy atom. The average Bonchev–Trinajstić information content (AvgIpc) is 2.90. The van der Waals surface area contributed by atoms with Gasteiger partial charge in [-0.25, -0.2) is 0 Å². The van der Waals surface area contributed by atoms with E-state index in [1.165, 1.54) is 38.5 Å². The number of hydrogen-bond donors (Lipinski definition) is 0. The first kappa shape index (κ1) is 12.1. The molecule has 84 valence electrons. The lowest BCUT2D eigenvalue weighted by Crippen LogP contribution is -1.99. The van der Waals surface area contributed by atoms with Crippen LogP contribution in [0, 0.1) is 23.7 Å². The van der Waals surface area contributed by atoms with Crippen molar-refractivity contribution in [1.29, 1.82) is 0 Å². The molecule has 3 atom stereocenters. The molecule has 0 nitrogen and oxygen atoms in total. The highest BCUT2D eigenvalue weighted by atomic mass is 14.4. The van der Waals surface area contributed by atoms with Crippen molar-refractivity contribution < 1.29 is 0 Å². The number of hydrogen-bond acceptors (Lipinski definition) is 0. The molecule has 3 unspecified atom stereocenters. The third kappa shape index (κ3) is 4.02. The van der Waals surface area contributed by atoms with Gasteiger partial charge in [-0.15, -0.1) is 0 Å². The van der Waals surface area contributed by atoms with Crippen LogP contribution in [0.5, 0.6) is 0 Å². The Morgan fingerprint density at radius 2 is 1.71 bits per heavy atom. The monoisotopic (exact) mass is 196 g/mol. The lowest BCUT2D eigenvalue weighted by molar-refractivity contribution is 0.406. The van der Waals surface area contributed by atoms with Gasteiger partial charge in [0.05, 0.1) is 0 Å². The van der Waals surface area contributed by atoms with Gasteiger partial charge in [-0.05, 0) is 30.1 Å². The maximum atomic E-state index is 2.47. The molecule has 1 fully saturated rings. The Hall–Kier alpha value is 0. The fraction of sp³-hybridized carbons (Fsp3) is 1.00. The van der Waals surface area contributed by atoms with Gasteiger partial charge in [0.1, 0.15) is 0 Å². The third-order valence-corrected chi connectivity index (χ3v) is 3.92. The standard InChI is InChI=1S/C14H28/c1-5-13-10-14(13)12(4)9-7-6-8-11(2)3/h11-14H,5-10H2,1-4H3. The molecule has 0 aromatic heterocycles. The molecule has 1 aliphatic carbocycles. The molecule has 0 N–H and O–H groups in total. The van der Waals surface area contributed by atoms with Gasteiger partial charge >= 0.3 is 0 Å². The van der Waals surface area contributed by atoms with Crippen LogP contribution in [0.4, 0.5) is 0 Å². The molecule has 0 aromatic carbocycles. The second-order valence-corrected chi connectivity index (χ2v) is 5.72. The van der Waals surface area contributed by atoms with Crippen LogP contribution >= 0.6 is 0 Å². The Morgan fingerprint density at radius 3 is 2.21 bits per heavy atom. The van der Waals surface area contributed by atoms with Crippen LogP contribution in [0.3, 0.4) is 0 Å². The fourth-order valence-electron chi connectivity index (χ4n) is 2.67. The van der Waals surface area contributed by atoms with E-state index in [4.69, 9.17) is 0 Å². The summed E-state index contributed by atoms with van der Waals surface area (Å²) in [6, 6.07) is 0. The van der Waals surface area contributed by atoms with Gasteiger partial charge in [-0.2, -0.15) is 0 Å². The Kier molecular flexibility index (Phi) is 4.98. The van der Waals surface area contributed by atoms with Crippen LogP contribution in [-0.2, 0) is 0 Å². The van der Waals surface area contributed by atoms with Crippen molar-refractivity contribution in [2.45, 2.75) is 66.2 Å². The van der Waals surface area contributed by atoms with Crippen molar-refractivity contribution in [3.05, 3.63) is 0 Å². The predicted octanol–water partition coefficient (Wildman–Crippen LogP) is 4.89. The molecule has 14 heavy (non-hydrogen) atoms. The van der Waals surface area contributed by atoms with Gasteiger partial charge in [0.15, 0.2) is 0 Å². The first-order valence-electron chi connectivity index (χ1n) is 6.65. The summed E-state index contributed by atoms with van der Waals surface area (Å²) in [5, 5.41) is 0. The molecule has 0 spiro atoms. The van der Waals surface area contributed by atoms with E-state index in [1.807, 2.05) is 0 Å². The highest BCUT2D eigenvalue weighted by molar-refractivity contribution is 4.88. The minimum atomic E-state index is 0.898. The van der Waals surface area contributed by atoms with Gasteiger partial charge in [-0.1, -0.05) is 59.8 Å². The first-order chi connectivity index (χ1) is 6.65. The first-order valence-corrected chi connectivity index (χ1v) is 6.65. The van der Waals surface area contributed by atoms with E-state index in [0.29, 0.717) is 0 Å². The summed E-state index contributed by atoms with van der Waals surface area (Å²) in [6.07, 6.45) is 8.77. The van der Waals surface area contributed by atoms with Crippen molar-refractivity contribution in [2.24, 2.45) is 23.7 Å². The Balaban J connectivity index is 1.96. The van der Waals surface area contributed by atoms with Crippen LogP contribution < -0.4 is 0 Å². The number of rotatable bonds is 7. The van der Waals surface area contributed by atoms with Crippen LogP contribution in [0.2, 0.25) is 0 Å². The van der Waals surface area contributed by atoms with E-state index >= 15 is 0 Å². The minimum absolute atomic E-state index is 0.898. The maximum absolute atomic E-state index is 2.47. The van der Waals surface area contributed by atoms with Crippen molar-refractivity contribution in [3.8, 4) is 0 Å².